The Balaban J connectivity index is 2.96. The van der Waals surface area contributed by atoms with Gasteiger partial charge in [0.15, 0.2) is 0 Å². The molecule has 0 saturated carbocycles. The summed E-state index contributed by atoms with van der Waals surface area (Å²) in [7, 11) is 0. The fourth-order valence-electron chi connectivity index (χ4n) is 0.809. The second kappa shape index (κ2) is 4.05. The molecule has 2 N–H and O–H groups in total. The number of halogens is 2. The lowest BCUT2D eigenvalue weighted by Crippen LogP contribution is -2.05. The molecule has 1 aromatic rings. The van der Waals surface area contributed by atoms with E-state index in [4.69, 9.17) is 17.3 Å². The lowest BCUT2D eigenvalue weighted by Gasteiger charge is -1.95. The number of benzene rings is 1. The molecule has 0 spiro atoms. The number of hydrogen-bond donors (Lipinski definition) is 1. The zero-order valence-corrected chi connectivity index (χ0v) is 7.38. The van der Waals surface area contributed by atoms with Crippen LogP contribution in [0.15, 0.2) is 24.3 Å². The van der Waals surface area contributed by atoms with E-state index in [1.54, 1.807) is 0 Å². The van der Waals surface area contributed by atoms with Crippen molar-refractivity contribution in [3.05, 3.63) is 40.7 Å². The van der Waals surface area contributed by atoms with Gasteiger partial charge in [-0.25, -0.2) is 4.39 Å². The molecule has 0 fully saturated rings. The Morgan fingerprint density at radius 2 is 2.23 bits per heavy atom. The number of hydrogen-bond acceptors (Lipinski definition) is 1. The predicted molar refractivity (Wildman–Crippen MR) is 49.6 cm³/mol. The minimum atomic E-state index is -0.616. The Morgan fingerprint density at radius 3 is 2.77 bits per heavy atom. The van der Waals surface area contributed by atoms with E-state index in [9.17, 15) is 9.18 Å². The van der Waals surface area contributed by atoms with Gasteiger partial charge < -0.3 is 5.73 Å². The van der Waals surface area contributed by atoms with Crippen molar-refractivity contribution in [2.75, 3.05) is 0 Å². The van der Waals surface area contributed by atoms with E-state index in [2.05, 4.69) is 0 Å². The summed E-state index contributed by atoms with van der Waals surface area (Å²) >= 11 is 5.52. The standard InChI is InChI=1S/C9H7ClFNO/c10-7-3-1-6(8(11)5-7)2-4-9(12)13/h1-5H,(H2,12,13). The maximum absolute atomic E-state index is 13.0. The van der Waals surface area contributed by atoms with E-state index in [1.807, 2.05) is 0 Å². The van der Waals surface area contributed by atoms with Crippen LogP contribution in [0.4, 0.5) is 4.39 Å². The van der Waals surface area contributed by atoms with E-state index < -0.39 is 11.7 Å². The fraction of sp³-hybridized carbons (Fsp3) is 0. The highest BCUT2D eigenvalue weighted by Crippen LogP contribution is 2.15. The Bertz CT molecular complexity index is 363. The molecule has 68 valence electrons. The third-order valence-electron chi connectivity index (χ3n) is 1.39. The number of carbonyl (C=O) groups is 1. The van der Waals surface area contributed by atoms with Crippen molar-refractivity contribution in [1.82, 2.24) is 0 Å². The zero-order valence-electron chi connectivity index (χ0n) is 6.63. The smallest absolute Gasteiger partial charge is 0.241 e. The van der Waals surface area contributed by atoms with Crippen molar-refractivity contribution in [3.63, 3.8) is 0 Å². The Morgan fingerprint density at radius 1 is 1.54 bits per heavy atom. The molecule has 13 heavy (non-hydrogen) atoms. The topological polar surface area (TPSA) is 43.1 Å². The average molecular weight is 200 g/mol. The van der Waals surface area contributed by atoms with Crippen LogP contribution in [0.25, 0.3) is 6.08 Å². The van der Waals surface area contributed by atoms with Gasteiger partial charge in [-0.05, 0) is 18.2 Å². The molecule has 0 atom stereocenters. The third kappa shape index (κ3) is 2.87. The normalized spacial score (nSPS) is 10.6. The summed E-state index contributed by atoms with van der Waals surface area (Å²) in [5.74, 6) is -1.10. The molecule has 1 rings (SSSR count). The Labute approximate surface area is 79.8 Å². The first-order valence-corrected chi connectivity index (χ1v) is 3.90. The quantitative estimate of drug-likeness (QED) is 0.728. The van der Waals surface area contributed by atoms with Crippen molar-refractivity contribution in [1.29, 1.82) is 0 Å². The van der Waals surface area contributed by atoms with Gasteiger partial charge in [-0.15, -0.1) is 0 Å². The summed E-state index contributed by atoms with van der Waals surface area (Å²) in [5, 5.41) is 0.314. The molecule has 1 amide bonds. The van der Waals surface area contributed by atoms with Gasteiger partial charge in [-0.2, -0.15) is 0 Å². The first-order valence-electron chi connectivity index (χ1n) is 3.52. The fourth-order valence-corrected chi connectivity index (χ4v) is 0.967. The van der Waals surface area contributed by atoms with E-state index in [0.29, 0.717) is 5.02 Å². The first kappa shape index (κ1) is 9.74. The largest absolute Gasteiger partial charge is 0.366 e. The summed E-state index contributed by atoms with van der Waals surface area (Å²) in [6.45, 7) is 0. The van der Waals surface area contributed by atoms with E-state index in [0.717, 1.165) is 6.08 Å². The van der Waals surface area contributed by atoms with Crippen LogP contribution in [0.5, 0.6) is 0 Å². The van der Waals surface area contributed by atoms with Gasteiger partial charge in [0, 0.05) is 16.7 Å². The van der Waals surface area contributed by atoms with Crippen molar-refractivity contribution in [2.45, 2.75) is 0 Å². The molecule has 0 radical (unpaired) electrons. The number of nitrogens with two attached hydrogens (primary N) is 1. The number of rotatable bonds is 2. The van der Waals surface area contributed by atoms with Crippen molar-refractivity contribution in [2.24, 2.45) is 5.73 Å². The number of carbonyl (C=O) groups excluding carboxylic acids is 1. The maximum atomic E-state index is 13.0. The minimum Gasteiger partial charge on any atom is -0.366 e. The van der Waals surface area contributed by atoms with E-state index in [1.165, 1.54) is 24.3 Å². The molecular formula is C9H7ClFNO. The zero-order chi connectivity index (χ0) is 9.84. The van der Waals surface area contributed by atoms with Crippen LogP contribution in [-0.4, -0.2) is 5.91 Å². The van der Waals surface area contributed by atoms with Crippen LogP contribution in [0, 0.1) is 5.82 Å². The van der Waals surface area contributed by atoms with Crippen LogP contribution in [-0.2, 0) is 4.79 Å². The van der Waals surface area contributed by atoms with Gasteiger partial charge in [0.2, 0.25) is 5.91 Å². The molecule has 0 aliphatic carbocycles. The minimum absolute atomic E-state index is 0.281. The SMILES string of the molecule is NC(=O)C=Cc1ccc(Cl)cc1F. The van der Waals surface area contributed by atoms with Crippen LogP contribution >= 0.6 is 11.6 Å². The lowest BCUT2D eigenvalue weighted by molar-refractivity contribution is -0.113. The van der Waals surface area contributed by atoms with Crippen molar-refractivity contribution < 1.29 is 9.18 Å². The monoisotopic (exact) mass is 199 g/mol. The second-order valence-electron chi connectivity index (χ2n) is 2.40. The summed E-state index contributed by atoms with van der Waals surface area (Å²) in [6.07, 6.45) is 2.39. The molecule has 0 aliphatic heterocycles. The lowest BCUT2D eigenvalue weighted by atomic mass is 10.2. The molecule has 0 aliphatic rings. The Kier molecular flexibility index (Phi) is 3.03. The van der Waals surface area contributed by atoms with Gasteiger partial charge in [-0.3, -0.25) is 4.79 Å². The first-order chi connectivity index (χ1) is 6.09. The highest BCUT2D eigenvalue weighted by atomic mass is 35.5. The van der Waals surface area contributed by atoms with Gasteiger partial charge in [0.05, 0.1) is 0 Å². The third-order valence-corrected chi connectivity index (χ3v) is 1.62. The average Bonchev–Trinajstić information content (AvgIpc) is 2.02. The van der Waals surface area contributed by atoms with Gasteiger partial charge in [-0.1, -0.05) is 17.7 Å². The van der Waals surface area contributed by atoms with Gasteiger partial charge in [0.25, 0.3) is 0 Å². The molecule has 0 aromatic heterocycles. The van der Waals surface area contributed by atoms with Gasteiger partial charge >= 0.3 is 0 Å². The Hall–Kier alpha value is -1.35. The summed E-state index contributed by atoms with van der Waals surface area (Å²) in [6, 6.07) is 4.17. The van der Waals surface area contributed by atoms with Gasteiger partial charge in [0.1, 0.15) is 5.82 Å². The van der Waals surface area contributed by atoms with Crippen molar-refractivity contribution >= 4 is 23.6 Å². The number of amides is 1. The summed E-state index contributed by atoms with van der Waals surface area (Å²) in [4.78, 5) is 10.3. The molecule has 0 saturated heterocycles. The highest BCUT2D eigenvalue weighted by Gasteiger charge is 1.98. The summed E-state index contributed by atoms with van der Waals surface area (Å²) < 4.78 is 13.0. The van der Waals surface area contributed by atoms with Crippen LogP contribution in [0.1, 0.15) is 5.56 Å². The van der Waals surface area contributed by atoms with E-state index >= 15 is 0 Å². The molecular weight excluding hydrogens is 193 g/mol. The maximum Gasteiger partial charge on any atom is 0.241 e. The second-order valence-corrected chi connectivity index (χ2v) is 2.84. The predicted octanol–water partition coefficient (Wildman–Crippen LogP) is 1.98. The van der Waals surface area contributed by atoms with Crippen molar-refractivity contribution in [3.8, 4) is 0 Å². The highest BCUT2D eigenvalue weighted by molar-refractivity contribution is 6.30. The molecule has 0 unspecified atom stereocenters. The molecule has 1 aromatic carbocycles. The van der Waals surface area contributed by atoms with E-state index in [-0.39, 0.29) is 5.56 Å². The summed E-state index contributed by atoms with van der Waals surface area (Å²) in [5.41, 5.74) is 5.13. The van der Waals surface area contributed by atoms with Crippen LogP contribution in [0.2, 0.25) is 5.02 Å². The molecule has 2 nitrogen and oxygen atoms in total. The molecule has 0 heterocycles. The van der Waals surface area contributed by atoms with Crippen LogP contribution in [0.3, 0.4) is 0 Å². The number of primary amides is 1. The molecule has 0 bridgehead atoms. The molecule has 4 heteroatoms. The van der Waals surface area contributed by atoms with Crippen LogP contribution < -0.4 is 5.73 Å².